The highest BCUT2D eigenvalue weighted by atomic mass is 16.3. The lowest BCUT2D eigenvalue weighted by Crippen LogP contribution is -2.65. The summed E-state index contributed by atoms with van der Waals surface area (Å²) in [5.74, 6) is 0.507. The molecular formula is C38H31N5O3. The third-order valence-electron chi connectivity index (χ3n) is 10.3. The number of carbonyl (C=O) groups is 2. The second-order valence-corrected chi connectivity index (χ2v) is 13.0. The molecule has 0 radical (unpaired) electrons. The first-order valence-electron chi connectivity index (χ1n) is 15.9. The average molecular weight is 606 g/mol. The molecule has 2 aliphatic carbocycles. The van der Waals surface area contributed by atoms with Gasteiger partial charge in [0, 0.05) is 30.4 Å². The van der Waals surface area contributed by atoms with Crippen LogP contribution < -0.4 is 0 Å². The summed E-state index contributed by atoms with van der Waals surface area (Å²) < 4.78 is 2.07. The molecule has 8 nitrogen and oxygen atoms in total. The number of hydrogen-bond acceptors (Lipinski definition) is 6. The van der Waals surface area contributed by atoms with Gasteiger partial charge in [0.25, 0.3) is 11.8 Å². The second-order valence-electron chi connectivity index (χ2n) is 13.0. The van der Waals surface area contributed by atoms with Gasteiger partial charge in [0.2, 0.25) is 0 Å². The fraction of sp³-hybridized carbons (Fsp3) is 0.237. The summed E-state index contributed by atoms with van der Waals surface area (Å²) in [6.45, 7) is 2.07. The largest absolute Gasteiger partial charge is 0.389 e. The fourth-order valence-electron chi connectivity index (χ4n) is 7.84. The maximum atomic E-state index is 13.8. The van der Waals surface area contributed by atoms with Gasteiger partial charge in [-0.25, -0.2) is 4.98 Å². The Morgan fingerprint density at radius 2 is 1.46 bits per heavy atom. The molecule has 1 N–H and O–H groups in total. The van der Waals surface area contributed by atoms with Crippen LogP contribution in [0.1, 0.15) is 64.7 Å². The molecule has 0 spiro atoms. The van der Waals surface area contributed by atoms with Crippen molar-refractivity contribution in [3.63, 3.8) is 0 Å². The minimum Gasteiger partial charge on any atom is -0.389 e. The summed E-state index contributed by atoms with van der Waals surface area (Å²) in [5, 5.41) is 20.3. The lowest BCUT2D eigenvalue weighted by atomic mass is 9.58. The monoisotopic (exact) mass is 605 g/mol. The molecule has 226 valence electrons. The SMILES string of the molecule is CCc1nnc2ccc3nc(-c4ccc([C@]5(N6C(=O)c7ccccc7C6=O)C[C@](O)(C6CC6)C5)cc4)c(-c4ccccc4)cc3n12. The van der Waals surface area contributed by atoms with E-state index < -0.39 is 11.1 Å². The van der Waals surface area contributed by atoms with E-state index in [1.165, 1.54) is 4.90 Å². The number of rotatable bonds is 6. The number of amides is 2. The van der Waals surface area contributed by atoms with Gasteiger partial charge in [-0.2, -0.15) is 0 Å². The van der Waals surface area contributed by atoms with Crippen LogP contribution in [0.5, 0.6) is 0 Å². The number of carbonyl (C=O) groups excluding carboxylic acids is 2. The Labute approximate surface area is 265 Å². The van der Waals surface area contributed by atoms with Crippen LogP contribution in [-0.2, 0) is 12.0 Å². The van der Waals surface area contributed by atoms with Crippen LogP contribution in [0, 0.1) is 5.92 Å². The van der Waals surface area contributed by atoms with Crippen LogP contribution in [0.2, 0.25) is 0 Å². The second kappa shape index (κ2) is 9.64. The van der Waals surface area contributed by atoms with Crippen molar-refractivity contribution in [1.29, 1.82) is 0 Å². The van der Waals surface area contributed by atoms with Gasteiger partial charge in [-0.3, -0.25) is 18.9 Å². The van der Waals surface area contributed by atoms with Crippen LogP contribution in [0.15, 0.2) is 97.1 Å². The molecule has 3 aliphatic rings. The molecule has 1 aliphatic heterocycles. The van der Waals surface area contributed by atoms with Crippen LogP contribution in [0.25, 0.3) is 39.1 Å². The van der Waals surface area contributed by atoms with E-state index in [0.717, 1.165) is 69.7 Å². The van der Waals surface area contributed by atoms with Gasteiger partial charge in [0.1, 0.15) is 5.82 Å². The molecule has 3 aromatic heterocycles. The van der Waals surface area contributed by atoms with Gasteiger partial charge in [0.05, 0.1) is 39.0 Å². The molecule has 0 saturated heterocycles. The van der Waals surface area contributed by atoms with E-state index in [1.54, 1.807) is 24.3 Å². The number of fused-ring (bicyclic) bond motifs is 4. The lowest BCUT2D eigenvalue weighted by Gasteiger charge is -2.57. The van der Waals surface area contributed by atoms with Crippen molar-refractivity contribution in [2.45, 2.75) is 50.2 Å². The van der Waals surface area contributed by atoms with Crippen molar-refractivity contribution < 1.29 is 14.7 Å². The Hall–Kier alpha value is -5.21. The van der Waals surface area contributed by atoms with Crippen molar-refractivity contribution in [2.75, 3.05) is 0 Å². The van der Waals surface area contributed by atoms with Crippen LogP contribution in [0.4, 0.5) is 0 Å². The van der Waals surface area contributed by atoms with Gasteiger partial charge in [-0.1, -0.05) is 73.7 Å². The van der Waals surface area contributed by atoms with Crippen molar-refractivity contribution >= 4 is 28.5 Å². The highest BCUT2D eigenvalue weighted by Crippen LogP contribution is 2.61. The van der Waals surface area contributed by atoms with Crippen LogP contribution >= 0.6 is 0 Å². The van der Waals surface area contributed by atoms with Crippen molar-refractivity contribution in [1.82, 2.24) is 24.5 Å². The number of nitrogens with zero attached hydrogens (tertiary/aromatic N) is 5. The summed E-state index contributed by atoms with van der Waals surface area (Å²) in [7, 11) is 0. The zero-order valence-electron chi connectivity index (χ0n) is 25.4. The average Bonchev–Trinajstić information content (AvgIpc) is 3.81. The van der Waals surface area contributed by atoms with Crippen molar-refractivity contribution in [2.24, 2.45) is 5.92 Å². The summed E-state index contributed by atoms with van der Waals surface area (Å²) >= 11 is 0. The Morgan fingerprint density at radius 1 is 0.783 bits per heavy atom. The minimum atomic E-state index is -0.918. The number of aliphatic hydroxyl groups is 1. The summed E-state index contributed by atoms with van der Waals surface area (Å²) in [5.41, 5.74) is 6.21. The molecule has 2 fully saturated rings. The zero-order valence-corrected chi connectivity index (χ0v) is 25.4. The molecule has 0 unspecified atom stereocenters. The van der Waals surface area contributed by atoms with Gasteiger partial charge < -0.3 is 5.11 Å². The van der Waals surface area contributed by atoms with E-state index in [2.05, 4.69) is 39.7 Å². The molecule has 9 rings (SSSR count). The van der Waals surface area contributed by atoms with E-state index in [9.17, 15) is 14.7 Å². The maximum absolute atomic E-state index is 13.8. The van der Waals surface area contributed by atoms with Crippen molar-refractivity contribution in [3.05, 3.63) is 120 Å². The summed E-state index contributed by atoms with van der Waals surface area (Å²) in [4.78, 5) is 34.1. The molecule has 2 amide bonds. The molecule has 0 bridgehead atoms. The molecular weight excluding hydrogens is 574 g/mol. The first-order chi connectivity index (χ1) is 22.4. The molecule has 8 heteroatoms. The zero-order chi connectivity index (χ0) is 31.2. The standard InChI is InChI=1S/C38H31N5O3/c1-2-32-40-41-33-19-18-30-31(42(32)33)20-29(23-8-4-3-5-9-23)34(39-30)24-12-14-25(15-13-24)37(21-38(46,22-37)26-16-17-26)43-35(44)27-10-6-7-11-28(27)36(43)45/h3-15,18-20,26,46H,2,16-17,21-22H2,1H3/t37-,38+. The van der Waals surface area contributed by atoms with Crippen molar-refractivity contribution in [3.8, 4) is 22.4 Å². The highest BCUT2D eigenvalue weighted by molar-refractivity contribution is 6.22. The highest BCUT2D eigenvalue weighted by Gasteiger charge is 2.66. The Balaban J connectivity index is 1.18. The molecule has 6 aromatic rings. The van der Waals surface area contributed by atoms with E-state index in [1.807, 2.05) is 54.6 Å². The predicted molar refractivity (Wildman–Crippen MR) is 174 cm³/mol. The quantitative estimate of drug-likeness (QED) is 0.215. The molecule has 0 atom stereocenters. The number of pyridine rings is 2. The number of hydrogen-bond donors (Lipinski definition) is 1. The minimum absolute atomic E-state index is 0.218. The first-order valence-corrected chi connectivity index (χ1v) is 15.9. The van der Waals surface area contributed by atoms with E-state index in [0.29, 0.717) is 24.0 Å². The van der Waals surface area contributed by atoms with Gasteiger partial charge in [-0.15, -0.1) is 10.2 Å². The lowest BCUT2D eigenvalue weighted by molar-refractivity contribution is -0.143. The number of aromatic nitrogens is 4. The number of aryl methyl sites for hydroxylation is 1. The van der Waals surface area contributed by atoms with E-state index in [-0.39, 0.29) is 17.7 Å². The maximum Gasteiger partial charge on any atom is 0.262 e. The van der Waals surface area contributed by atoms with E-state index in [4.69, 9.17) is 4.98 Å². The first kappa shape index (κ1) is 27.1. The van der Waals surface area contributed by atoms with E-state index >= 15 is 0 Å². The van der Waals surface area contributed by atoms with Crippen LogP contribution in [0.3, 0.4) is 0 Å². The van der Waals surface area contributed by atoms with Gasteiger partial charge >= 0.3 is 0 Å². The van der Waals surface area contributed by atoms with Gasteiger partial charge in [-0.05, 0) is 60.2 Å². The summed E-state index contributed by atoms with van der Waals surface area (Å²) in [6.07, 6.45) is 3.38. The molecule has 46 heavy (non-hydrogen) atoms. The number of imide groups is 1. The molecule has 4 heterocycles. The smallest absolute Gasteiger partial charge is 0.262 e. The Kier molecular flexibility index (Phi) is 5.69. The predicted octanol–water partition coefficient (Wildman–Crippen LogP) is 6.60. The third kappa shape index (κ3) is 3.80. The number of benzene rings is 3. The topological polar surface area (TPSA) is 101 Å². The Morgan fingerprint density at radius 3 is 2.11 bits per heavy atom. The Bertz CT molecular complexity index is 2180. The van der Waals surface area contributed by atoms with Crippen LogP contribution in [-0.4, -0.2) is 47.0 Å². The van der Waals surface area contributed by atoms with Gasteiger partial charge in [0.15, 0.2) is 5.65 Å². The summed E-state index contributed by atoms with van der Waals surface area (Å²) in [6, 6.07) is 31.4. The normalized spacial score (nSPS) is 22.4. The molecule has 2 saturated carbocycles. The molecule has 3 aromatic carbocycles. The third-order valence-corrected chi connectivity index (χ3v) is 10.3. The fourth-order valence-corrected chi connectivity index (χ4v) is 7.84.